The van der Waals surface area contributed by atoms with Crippen LogP contribution in [0.1, 0.15) is 57.9 Å². The molecule has 0 atom stereocenters. The van der Waals surface area contributed by atoms with E-state index in [1.807, 2.05) is 9.80 Å². The van der Waals surface area contributed by atoms with Crippen LogP contribution in [0.5, 0.6) is 34.5 Å². The summed E-state index contributed by atoms with van der Waals surface area (Å²) in [5, 5.41) is 16.0. The van der Waals surface area contributed by atoms with Gasteiger partial charge in [0.2, 0.25) is 17.7 Å². The maximum absolute atomic E-state index is 14.9. The van der Waals surface area contributed by atoms with Crippen molar-refractivity contribution in [3.05, 3.63) is 143 Å². The molecule has 6 N–H and O–H groups in total. The van der Waals surface area contributed by atoms with Gasteiger partial charge in [0.1, 0.15) is 35.8 Å². The molecule has 2 aliphatic heterocycles. The van der Waals surface area contributed by atoms with Gasteiger partial charge in [-0.2, -0.15) is 0 Å². The molecule has 6 heterocycles. The molecule has 0 bridgehead atoms. The molecule has 0 aliphatic carbocycles. The van der Waals surface area contributed by atoms with Crippen LogP contribution in [0.25, 0.3) is 20.4 Å². The number of nitrogens with zero attached hydrogens (tertiary/aromatic N) is 4. The molecule has 0 saturated carbocycles. The molecule has 79 heavy (non-hydrogen) atoms. The van der Waals surface area contributed by atoms with Crippen LogP contribution < -0.4 is 40.6 Å². The first-order chi connectivity index (χ1) is 38.2. The first-order valence-corrected chi connectivity index (χ1v) is 26.2. The van der Waals surface area contributed by atoms with E-state index in [9.17, 15) is 37.5 Å². The number of fused-ring (bicyclic) bond motifs is 2. The van der Waals surface area contributed by atoms with Gasteiger partial charge in [-0.25, -0.2) is 8.78 Å². The summed E-state index contributed by atoms with van der Waals surface area (Å²) in [5.74, 6) is -2.33. The summed E-state index contributed by atoms with van der Waals surface area (Å²) in [6.45, 7) is 3.07. The molecule has 10 rings (SSSR count). The van der Waals surface area contributed by atoms with E-state index in [4.69, 9.17) is 29.8 Å². The number of nitrogen functional groups attached to an aromatic ring is 1. The third-order valence-corrected chi connectivity index (χ3v) is 14.2. The van der Waals surface area contributed by atoms with Gasteiger partial charge in [0, 0.05) is 74.2 Å². The number of pyridine rings is 2. The summed E-state index contributed by atoms with van der Waals surface area (Å²) in [4.78, 5) is 84.9. The summed E-state index contributed by atoms with van der Waals surface area (Å²) in [5.41, 5.74) is 8.23. The monoisotopic (exact) mass is 1110 g/mol. The lowest BCUT2D eigenvalue weighted by atomic mass is 10.2. The highest BCUT2D eigenvalue weighted by Gasteiger charge is 2.25. The number of ether oxygens (including phenoxy) is 4. The van der Waals surface area contributed by atoms with Crippen LogP contribution in [0.2, 0.25) is 0 Å². The molecule has 23 heteroatoms. The summed E-state index contributed by atoms with van der Waals surface area (Å²) in [6.07, 6.45) is 6.17. The number of aromatic nitrogens is 2. The minimum atomic E-state index is -1.16. The quantitative estimate of drug-likeness (QED) is 0.0473. The normalized spacial score (nSPS) is 12.6. The van der Waals surface area contributed by atoms with E-state index < -0.39 is 48.2 Å². The molecular formula is C56H52F2N8O11S2. The number of methoxy groups -OCH3 is 2. The van der Waals surface area contributed by atoms with Crippen LogP contribution in [0.15, 0.2) is 122 Å². The fraction of sp³-hybridized carbons (Fsp3) is 0.214. The van der Waals surface area contributed by atoms with Crippen molar-refractivity contribution in [2.45, 2.75) is 38.5 Å². The second-order valence-electron chi connectivity index (χ2n) is 17.6. The first-order valence-electron chi connectivity index (χ1n) is 24.6. The zero-order chi connectivity index (χ0) is 56.0. The Morgan fingerprint density at radius 1 is 0.557 bits per heavy atom. The van der Waals surface area contributed by atoms with Gasteiger partial charge in [0.15, 0.2) is 23.1 Å². The van der Waals surface area contributed by atoms with E-state index in [0.717, 1.165) is 62.6 Å². The molecule has 4 aromatic carbocycles. The van der Waals surface area contributed by atoms with Crippen LogP contribution >= 0.6 is 22.7 Å². The number of hydrogen-bond donors (Lipinski definition) is 5. The summed E-state index contributed by atoms with van der Waals surface area (Å²) < 4.78 is 52.0. The molecule has 0 radical (unpaired) electrons. The summed E-state index contributed by atoms with van der Waals surface area (Å²) in [6, 6.07) is 28.6. The summed E-state index contributed by atoms with van der Waals surface area (Å²) in [7, 11) is 2.95. The molecule has 408 valence electrons. The standard InChI is InChI=1S/C28H25FN4O5S.C18H16FN3O2S.C10H11NO4/c1-37-22-7-3-2-6-19(22)32-26(35)16-25(34)31-17-8-9-21(18(29)14-17)38-23-10-11-30-20-15-24(39-27(20)23)28(36)33-12-4-5-13-33;19-12-9-11(20)3-4-14(12)24-15-5-6-21-13-10-16(25-17(13)15)18(23)22-7-1-2-8-22;1-15-8-5-3-2-4-7(8)11-9(12)6-10(13)14/h2-3,6-11,14-15H,4-5,12-13,16H2,1H3,(H,31,34)(H,32,35);3-6,9-10H,1-2,7-8,20H2;2-5H,6H2,1H3,(H,11,12)(H,13,14). The van der Waals surface area contributed by atoms with Crippen LogP contribution in [0.3, 0.4) is 0 Å². The smallest absolute Gasteiger partial charge is 0.312 e. The number of aliphatic carboxylic acids is 1. The van der Waals surface area contributed by atoms with Crippen LogP contribution in [-0.2, 0) is 19.2 Å². The van der Waals surface area contributed by atoms with Crippen LogP contribution in [-0.4, -0.2) is 101 Å². The fourth-order valence-electron chi connectivity index (χ4n) is 8.22. The van der Waals surface area contributed by atoms with E-state index in [2.05, 4.69) is 25.9 Å². The third kappa shape index (κ3) is 14.6. The predicted octanol–water partition coefficient (Wildman–Crippen LogP) is 10.6. The lowest BCUT2D eigenvalue weighted by molar-refractivity contribution is -0.139. The average molecular weight is 1120 g/mol. The minimum Gasteiger partial charge on any atom is -0.495 e. The van der Waals surface area contributed by atoms with Gasteiger partial charge in [0.05, 0.1) is 55.8 Å². The number of likely N-dealkylation sites (tertiary alicyclic amines) is 2. The van der Waals surface area contributed by atoms with Crippen molar-refractivity contribution in [1.82, 2.24) is 19.8 Å². The van der Waals surface area contributed by atoms with Gasteiger partial charge in [0.25, 0.3) is 11.8 Å². The van der Waals surface area contributed by atoms with Gasteiger partial charge >= 0.3 is 5.97 Å². The van der Waals surface area contributed by atoms with Gasteiger partial charge in [-0.15, -0.1) is 22.7 Å². The van der Waals surface area contributed by atoms with E-state index >= 15 is 0 Å². The molecule has 19 nitrogen and oxygen atoms in total. The van der Waals surface area contributed by atoms with Gasteiger partial charge < -0.3 is 55.5 Å². The Kier molecular flexibility index (Phi) is 18.6. The molecular weight excluding hydrogens is 1060 g/mol. The Hall–Kier alpha value is -9.22. The number of anilines is 4. The summed E-state index contributed by atoms with van der Waals surface area (Å²) >= 11 is 2.58. The number of carboxylic acid groups (broad SMARTS) is 1. The number of halogens is 2. The van der Waals surface area contributed by atoms with Crippen LogP contribution in [0.4, 0.5) is 31.5 Å². The second-order valence-corrected chi connectivity index (χ2v) is 19.7. The van der Waals surface area contributed by atoms with E-state index in [-0.39, 0.29) is 29.0 Å². The zero-order valence-corrected chi connectivity index (χ0v) is 44.2. The number of carbonyl (C=O) groups excluding carboxylic acids is 5. The van der Waals surface area contributed by atoms with Crippen molar-refractivity contribution >= 4 is 101 Å². The number of hydrogen-bond acceptors (Lipinski definition) is 15. The number of nitrogens with one attached hydrogen (secondary N) is 3. The number of carbonyl (C=O) groups is 6. The van der Waals surface area contributed by atoms with E-state index in [0.29, 0.717) is 65.5 Å². The minimum absolute atomic E-state index is 0.0186. The number of para-hydroxylation sites is 4. The van der Waals surface area contributed by atoms with Crippen molar-refractivity contribution in [3.8, 4) is 34.5 Å². The number of amides is 5. The Labute approximate surface area is 458 Å². The van der Waals surface area contributed by atoms with Gasteiger partial charge in [-0.1, -0.05) is 24.3 Å². The van der Waals surface area contributed by atoms with Crippen molar-refractivity contribution in [3.63, 3.8) is 0 Å². The van der Waals surface area contributed by atoms with Crippen molar-refractivity contribution in [1.29, 1.82) is 0 Å². The Morgan fingerprint density at radius 3 is 1.46 bits per heavy atom. The number of nitrogens with two attached hydrogens (primary N) is 1. The maximum atomic E-state index is 14.9. The first kappa shape index (κ1) is 56.0. The molecule has 5 amide bonds. The Bertz CT molecular complexity index is 3550. The predicted molar refractivity (Wildman–Crippen MR) is 296 cm³/mol. The van der Waals surface area contributed by atoms with Gasteiger partial charge in [-0.3, -0.25) is 38.7 Å². The third-order valence-electron chi connectivity index (χ3n) is 12.0. The molecule has 2 saturated heterocycles. The SMILES string of the molecule is COc1ccccc1NC(=O)CC(=O)Nc1ccc(Oc2ccnc3cc(C(=O)N4CCCC4)sc23)c(F)c1.COc1ccccc1NC(=O)CC(=O)O.Nc1ccc(Oc2ccnc3cc(C(=O)N4CCCC4)sc23)c(F)c1. The lowest BCUT2D eigenvalue weighted by Crippen LogP contribution is -2.26. The Balaban J connectivity index is 0.000000175. The lowest BCUT2D eigenvalue weighted by Gasteiger charge is -2.13. The molecule has 4 aromatic heterocycles. The van der Waals surface area contributed by atoms with Crippen LogP contribution in [0, 0.1) is 11.6 Å². The van der Waals surface area contributed by atoms with Crippen molar-refractivity contribution in [2.75, 3.05) is 62.1 Å². The van der Waals surface area contributed by atoms with E-state index in [1.165, 1.54) is 67.4 Å². The average Bonchev–Trinajstić information content (AvgIpc) is 4.35. The maximum Gasteiger partial charge on any atom is 0.312 e. The molecule has 2 fully saturated rings. The van der Waals surface area contributed by atoms with Crippen molar-refractivity contribution in [2.24, 2.45) is 0 Å². The fourth-order valence-corrected chi connectivity index (χ4v) is 10.3. The number of thiophene rings is 2. The number of rotatable bonds is 15. The highest BCUT2D eigenvalue weighted by Crippen LogP contribution is 2.39. The molecule has 8 aromatic rings. The number of benzene rings is 4. The molecule has 0 unspecified atom stereocenters. The Morgan fingerprint density at radius 2 is 1.00 bits per heavy atom. The highest BCUT2D eigenvalue weighted by atomic mass is 32.1. The zero-order valence-electron chi connectivity index (χ0n) is 42.6. The highest BCUT2D eigenvalue weighted by molar-refractivity contribution is 7.21. The molecule has 0 spiro atoms. The van der Waals surface area contributed by atoms with E-state index in [1.54, 1.807) is 85.1 Å². The molecule has 2 aliphatic rings. The van der Waals surface area contributed by atoms with Crippen molar-refractivity contribution < 1.29 is 61.6 Å². The largest absolute Gasteiger partial charge is 0.495 e. The topological polar surface area (TPSA) is 254 Å². The second kappa shape index (κ2) is 26.2. The van der Waals surface area contributed by atoms with Gasteiger partial charge in [-0.05, 0) is 86.3 Å². The number of carboxylic acids is 1.